The van der Waals surface area contributed by atoms with Gasteiger partial charge in [-0.25, -0.2) is 9.89 Å². The zero-order valence-electron chi connectivity index (χ0n) is 10.2. The van der Waals surface area contributed by atoms with E-state index in [1.165, 1.54) is 0 Å². The van der Waals surface area contributed by atoms with E-state index in [0.29, 0.717) is 24.9 Å². The molecule has 1 amide bonds. The number of fused-ring (bicyclic) bond motifs is 2. The number of aromatic amines is 2. The number of thioether (sulfide) groups is 1. The van der Waals surface area contributed by atoms with Crippen LogP contribution in [0.25, 0.3) is 0 Å². The van der Waals surface area contributed by atoms with Crippen molar-refractivity contribution in [1.29, 1.82) is 0 Å². The Morgan fingerprint density at radius 3 is 2.58 bits per heavy atom. The molecule has 2 fully saturated rings. The van der Waals surface area contributed by atoms with Gasteiger partial charge in [0.15, 0.2) is 0 Å². The first kappa shape index (κ1) is 12.5. The van der Waals surface area contributed by atoms with Crippen LogP contribution in [-0.4, -0.2) is 50.6 Å². The quantitative estimate of drug-likeness (QED) is 0.708. The number of aromatic nitrogens is 3. The number of nitrogens with one attached hydrogen (secondary N) is 2. The van der Waals surface area contributed by atoms with Gasteiger partial charge in [0.2, 0.25) is 5.69 Å². The number of carbonyl (C=O) groups is 1. The fourth-order valence-electron chi connectivity index (χ4n) is 2.77. The Hall–Kier alpha value is -1.57. The number of piperidine rings is 1. The summed E-state index contributed by atoms with van der Waals surface area (Å²) in [6.07, 6.45) is 1.16. The van der Waals surface area contributed by atoms with Crippen LogP contribution in [0.5, 0.6) is 0 Å². The van der Waals surface area contributed by atoms with Gasteiger partial charge in [-0.2, -0.15) is 16.9 Å². The number of amides is 1. The Morgan fingerprint density at radius 1 is 1.26 bits per heavy atom. The standard InChI is InChI=1S/C11H14N4O3S/c16-9-8(13-14-11(18)12-9)10(17)15-2-6-1-7(3-15)5-19-4-6/h6-7H,1-5H2,(H2,12,14,16,18). The second-order valence-electron chi connectivity index (χ2n) is 5.07. The summed E-state index contributed by atoms with van der Waals surface area (Å²) >= 11 is 1.93. The minimum Gasteiger partial charge on any atom is -0.336 e. The maximum atomic E-state index is 12.3. The lowest BCUT2D eigenvalue weighted by Gasteiger charge is -2.40. The van der Waals surface area contributed by atoms with Crippen LogP contribution in [0, 0.1) is 11.8 Å². The highest BCUT2D eigenvalue weighted by molar-refractivity contribution is 7.99. The van der Waals surface area contributed by atoms with Gasteiger partial charge in [0.1, 0.15) is 0 Å². The van der Waals surface area contributed by atoms with Crippen molar-refractivity contribution in [2.45, 2.75) is 6.42 Å². The molecule has 2 atom stereocenters. The van der Waals surface area contributed by atoms with Crippen LogP contribution in [0.15, 0.2) is 9.59 Å². The van der Waals surface area contributed by atoms with Crippen molar-refractivity contribution in [3.8, 4) is 0 Å². The number of carbonyl (C=O) groups excluding carboxylic acids is 1. The molecule has 0 aromatic carbocycles. The molecular formula is C11H14N4O3S. The van der Waals surface area contributed by atoms with E-state index in [4.69, 9.17) is 0 Å². The number of H-pyrrole nitrogens is 2. The molecule has 0 saturated carbocycles. The highest BCUT2D eigenvalue weighted by atomic mass is 32.2. The van der Waals surface area contributed by atoms with Crippen LogP contribution in [-0.2, 0) is 0 Å². The number of hydrogen-bond donors (Lipinski definition) is 2. The number of rotatable bonds is 1. The number of nitrogens with zero attached hydrogens (tertiary/aromatic N) is 2. The Bertz CT molecular complexity index is 598. The maximum absolute atomic E-state index is 12.3. The molecular weight excluding hydrogens is 268 g/mol. The van der Waals surface area contributed by atoms with Gasteiger partial charge >= 0.3 is 5.69 Å². The number of likely N-dealkylation sites (tertiary alicyclic amines) is 1. The van der Waals surface area contributed by atoms with Crippen molar-refractivity contribution in [3.63, 3.8) is 0 Å². The predicted octanol–water partition coefficient (Wildman–Crippen LogP) is -0.717. The highest BCUT2D eigenvalue weighted by Gasteiger charge is 2.34. The molecule has 2 bridgehead atoms. The van der Waals surface area contributed by atoms with Crippen molar-refractivity contribution in [2.24, 2.45) is 11.8 Å². The van der Waals surface area contributed by atoms with Crippen LogP contribution in [0.2, 0.25) is 0 Å². The van der Waals surface area contributed by atoms with E-state index < -0.39 is 11.2 Å². The summed E-state index contributed by atoms with van der Waals surface area (Å²) in [5, 5.41) is 5.67. The molecule has 3 heterocycles. The van der Waals surface area contributed by atoms with Crippen molar-refractivity contribution in [2.75, 3.05) is 24.6 Å². The minimum atomic E-state index is -0.723. The molecule has 7 nitrogen and oxygen atoms in total. The van der Waals surface area contributed by atoms with E-state index in [2.05, 4.69) is 10.2 Å². The molecule has 2 aliphatic heterocycles. The lowest BCUT2D eigenvalue weighted by molar-refractivity contribution is 0.0613. The van der Waals surface area contributed by atoms with Gasteiger partial charge < -0.3 is 4.90 Å². The summed E-state index contributed by atoms with van der Waals surface area (Å²) in [5.74, 6) is 2.75. The van der Waals surface area contributed by atoms with Gasteiger partial charge in [-0.15, -0.1) is 0 Å². The van der Waals surface area contributed by atoms with E-state index in [0.717, 1.165) is 17.9 Å². The first-order valence-corrected chi connectivity index (χ1v) is 7.35. The summed E-state index contributed by atoms with van der Waals surface area (Å²) in [6.45, 7) is 1.34. The lowest BCUT2D eigenvalue weighted by atomic mass is 9.91. The molecule has 1 aromatic rings. The normalized spacial score (nSPS) is 26.2. The third-order valence-electron chi connectivity index (χ3n) is 3.53. The third-order valence-corrected chi connectivity index (χ3v) is 4.95. The smallest absolute Gasteiger partial charge is 0.336 e. The monoisotopic (exact) mass is 282 g/mol. The topological polar surface area (TPSA) is 98.9 Å². The molecule has 19 heavy (non-hydrogen) atoms. The average molecular weight is 282 g/mol. The Labute approximate surface area is 112 Å². The molecule has 0 radical (unpaired) electrons. The van der Waals surface area contributed by atoms with Gasteiger partial charge in [-0.3, -0.25) is 14.6 Å². The van der Waals surface area contributed by atoms with Gasteiger partial charge in [0.05, 0.1) is 0 Å². The molecule has 0 aliphatic carbocycles. The van der Waals surface area contributed by atoms with Crippen molar-refractivity contribution in [1.82, 2.24) is 20.1 Å². The van der Waals surface area contributed by atoms with Gasteiger partial charge in [0.25, 0.3) is 11.5 Å². The second-order valence-corrected chi connectivity index (χ2v) is 6.15. The second kappa shape index (κ2) is 4.84. The average Bonchev–Trinajstić information content (AvgIpc) is 2.37. The predicted molar refractivity (Wildman–Crippen MR) is 70.3 cm³/mol. The molecule has 1 aromatic heterocycles. The Kier molecular flexibility index (Phi) is 3.17. The van der Waals surface area contributed by atoms with Crippen molar-refractivity contribution >= 4 is 17.7 Å². The first-order valence-electron chi connectivity index (χ1n) is 6.19. The molecule has 2 aliphatic rings. The molecule has 0 spiro atoms. The summed E-state index contributed by atoms with van der Waals surface area (Å²) < 4.78 is 0. The van der Waals surface area contributed by atoms with E-state index in [1.54, 1.807) is 4.90 Å². The molecule has 2 unspecified atom stereocenters. The highest BCUT2D eigenvalue weighted by Crippen LogP contribution is 2.33. The van der Waals surface area contributed by atoms with E-state index in [-0.39, 0.29) is 11.6 Å². The largest absolute Gasteiger partial charge is 0.342 e. The summed E-state index contributed by atoms with van der Waals surface area (Å²) in [4.78, 5) is 38.5. The SMILES string of the molecule is O=C(c1n[nH]c(=O)[nH]c1=O)N1CC2CSCC(C2)C1. The lowest BCUT2D eigenvalue weighted by Crippen LogP contribution is -2.49. The molecule has 2 saturated heterocycles. The molecule has 8 heteroatoms. The third kappa shape index (κ3) is 2.44. The molecule has 3 rings (SSSR count). The fraction of sp³-hybridized carbons (Fsp3) is 0.636. The van der Waals surface area contributed by atoms with Gasteiger partial charge in [0, 0.05) is 13.1 Å². The first-order chi connectivity index (χ1) is 9.13. The minimum absolute atomic E-state index is 0.229. The van der Waals surface area contributed by atoms with Crippen LogP contribution >= 0.6 is 11.8 Å². The summed E-state index contributed by atoms with van der Waals surface area (Å²) in [6, 6.07) is 0. The van der Waals surface area contributed by atoms with Crippen LogP contribution in [0.4, 0.5) is 0 Å². The zero-order chi connectivity index (χ0) is 13.4. The number of hydrogen-bond acceptors (Lipinski definition) is 5. The molecule has 102 valence electrons. The van der Waals surface area contributed by atoms with Crippen LogP contribution in [0.3, 0.4) is 0 Å². The Balaban J connectivity index is 1.84. The van der Waals surface area contributed by atoms with E-state index in [1.807, 2.05) is 16.7 Å². The van der Waals surface area contributed by atoms with Crippen LogP contribution in [0.1, 0.15) is 16.9 Å². The van der Waals surface area contributed by atoms with Crippen LogP contribution < -0.4 is 11.2 Å². The molecule has 2 N–H and O–H groups in total. The maximum Gasteiger partial charge on any atom is 0.342 e. The summed E-state index contributed by atoms with van der Waals surface area (Å²) in [5.41, 5.74) is -1.65. The zero-order valence-corrected chi connectivity index (χ0v) is 11.0. The van der Waals surface area contributed by atoms with Gasteiger partial charge in [-0.1, -0.05) is 0 Å². The van der Waals surface area contributed by atoms with Gasteiger partial charge in [-0.05, 0) is 29.8 Å². The fourth-order valence-corrected chi connectivity index (χ4v) is 4.06. The van der Waals surface area contributed by atoms with Crippen molar-refractivity contribution < 1.29 is 4.79 Å². The van der Waals surface area contributed by atoms with E-state index in [9.17, 15) is 14.4 Å². The van der Waals surface area contributed by atoms with E-state index >= 15 is 0 Å². The summed E-state index contributed by atoms with van der Waals surface area (Å²) in [7, 11) is 0. The van der Waals surface area contributed by atoms with Crippen molar-refractivity contribution in [3.05, 3.63) is 26.5 Å². The Morgan fingerprint density at radius 2 is 1.95 bits per heavy atom.